The molecule has 0 radical (unpaired) electrons. The molecule has 0 spiro atoms. The molecule has 0 aliphatic carbocycles. The maximum Gasteiger partial charge on any atom is 0.413 e. The lowest BCUT2D eigenvalue weighted by Crippen LogP contribution is -2.41. The Hall–Kier alpha value is -3.34. The number of hydrogen-bond acceptors (Lipinski definition) is 6. The fourth-order valence-electron chi connectivity index (χ4n) is 2.50. The van der Waals surface area contributed by atoms with Crippen molar-refractivity contribution in [3.63, 3.8) is 0 Å². The van der Waals surface area contributed by atoms with Gasteiger partial charge in [-0.25, -0.2) is 14.1 Å². The molecule has 0 N–H and O–H groups in total. The normalized spacial score (nSPS) is 14.8. The Morgan fingerprint density at radius 3 is 2.50 bits per heavy atom. The summed E-state index contributed by atoms with van der Waals surface area (Å²) in [5.74, 6) is -4.93. The van der Waals surface area contributed by atoms with Crippen molar-refractivity contribution in [3.05, 3.63) is 58.8 Å². The number of benzene rings is 1. The monoisotopic (exact) mass is 477 g/mol. The summed E-state index contributed by atoms with van der Waals surface area (Å²) in [6.07, 6.45) is -4.44. The standard InChI is InChI=1S/C20H16ClF4NO6/c1-4-15(10(2)31-9-19(29)30-3)32-16-8-14(13(22)7-12(16)21)26-17(27)5-11(6-18(26)28)20(23,24)25/h4-5,7-8H,2,6,9H2,1,3H3/b15-4+. The smallest absolute Gasteiger partial charge is 0.413 e. The summed E-state index contributed by atoms with van der Waals surface area (Å²) in [6, 6.07) is 1.60. The Kier molecular flexibility index (Phi) is 7.68. The van der Waals surface area contributed by atoms with Crippen LogP contribution in [0.25, 0.3) is 0 Å². The third kappa shape index (κ3) is 5.67. The second-order valence-corrected chi connectivity index (χ2v) is 6.60. The molecule has 2 amide bonds. The Morgan fingerprint density at radius 2 is 1.97 bits per heavy atom. The maximum atomic E-state index is 14.5. The zero-order valence-electron chi connectivity index (χ0n) is 16.7. The van der Waals surface area contributed by atoms with Crippen LogP contribution < -0.4 is 9.64 Å². The molecule has 2 rings (SSSR count). The number of carbonyl (C=O) groups is 3. The number of ether oxygens (including phenoxy) is 3. The van der Waals surface area contributed by atoms with Gasteiger partial charge in [-0.05, 0) is 19.1 Å². The molecule has 1 heterocycles. The number of allylic oxidation sites excluding steroid dienone is 1. The largest absolute Gasteiger partial charge is 0.479 e. The van der Waals surface area contributed by atoms with Crippen molar-refractivity contribution in [1.82, 2.24) is 0 Å². The van der Waals surface area contributed by atoms with Crippen molar-refractivity contribution < 1.29 is 46.2 Å². The maximum absolute atomic E-state index is 14.5. The van der Waals surface area contributed by atoms with Crippen LogP contribution in [0.4, 0.5) is 23.2 Å². The van der Waals surface area contributed by atoms with Gasteiger partial charge in [-0.2, -0.15) is 13.2 Å². The predicted molar refractivity (Wildman–Crippen MR) is 104 cm³/mol. The first-order valence-corrected chi connectivity index (χ1v) is 9.13. The van der Waals surface area contributed by atoms with Gasteiger partial charge in [0, 0.05) is 17.7 Å². The number of alkyl halides is 3. The van der Waals surface area contributed by atoms with Crippen LogP contribution in [0, 0.1) is 5.82 Å². The summed E-state index contributed by atoms with van der Waals surface area (Å²) >= 11 is 5.97. The van der Waals surface area contributed by atoms with E-state index in [0.29, 0.717) is 0 Å². The lowest BCUT2D eigenvalue weighted by Gasteiger charge is -2.26. The highest BCUT2D eigenvalue weighted by Crippen LogP contribution is 2.37. The zero-order chi connectivity index (χ0) is 24.2. The number of anilines is 1. The van der Waals surface area contributed by atoms with Crippen LogP contribution in [0.15, 0.2) is 48.0 Å². The summed E-state index contributed by atoms with van der Waals surface area (Å²) in [7, 11) is 1.15. The second kappa shape index (κ2) is 9.86. The average molecular weight is 478 g/mol. The van der Waals surface area contributed by atoms with Gasteiger partial charge in [0.25, 0.3) is 5.91 Å². The molecule has 32 heavy (non-hydrogen) atoms. The number of amides is 2. The lowest BCUT2D eigenvalue weighted by atomic mass is 10.1. The van der Waals surface area contributed by atoms with Gasteiger partial charge < -0.3 is 14.2 Å². The number of methoxy groups -OCH3 is 1. The Balaban J connectivity index is 2.35. The molecular weight excluding hydrogens is 462 g/mol. The Labute approximate surface area is 184 Å². The van der Waals surface area contributed by atoms with E-state index in [1.54, 1.807) is 0 Å². The number of rotatable bonds is 7. The van der Waals surface area contributed by atoms with Crippen molar-refractivity contribution in [2.75, 3.05) is 18.6 Å². The number of nitrogens with zero attached hydrogens (tertiary/aromatic N) is 1. The van der Waals surface area contributed by atoms with Gasteiger partial charge in [-0.3, -0.25) is 9.59 Å². The van der Waals surface area contributed by atoms with Crippen molar-refractivity contribution in [2.24, 2.45) is 0 Å². The number of carbonyl (C=O) groups excluding carboxylic acids is 3. The zero-order valence-corrected chi connectivity index (χ0v) is 17.5. The van der Waals surface area contributed by atoms with Crippen LogP contribution >= 0.6 is 11.6 Å². The minimum atomic E-state index is -4.88. The van der Waals surface area contributed by atoms with E-state index in [-0.39, 0.29) is 33.3 Å². The van der Waals surface area contributed by atoms with Gasteiger partial charge in [0.1, 0.15) is 11.6 Å². The van der Waals surface area contributed by atoms with Gasteiger partial charge in [-0.1, -0.05) is 18.2 Å². The predicted octanol–water partition coefficient (Wildman–Crippen LogP) is 4.22. The molecule has 0 atom stereocenters. The van der Waals surface area contributed by atoms with Crippen LogP contribution in [-0.4, -0.2) is 37.7 Å². The highest BCUT2D eigenvalue weighted by molar-refractivity contribution is 6.32. The van der Waals surface area contributed by atoms with E-state index in [2.05, 4.69) is 11.3 Å². The van der Waals surface area contributed by atoms with Gasteiger partial charge in [0.2, 0.25) is 5.91 Å². The number of halogens is 5. The van der Waals surface area contributed by atoms with E-state index in [1.807, 2.05) is 0 Å². The molecule has 0 fully saturated rings. The van der Waals surface area contributed by atoms with Crippen LogP contribution in [0.3, 0.4) is 0 Å². The molecule has 172 valence electrons. The number of imide groups is 1. The molecule has 0 bridgehead atoms. The van der Waals surface area contributed by atoms with Crippen LogP contribution in [0.2, 0.25) is 5.02 Å². The first-order chi connectivity index (χ1) is 14.9. The van der Waals surface area contributed by atoms with Crippen LogP contribution in [0.5, 0.6) is 5.75 Å². The van der Waals surface area contributed by atoms with Crippen molar-refractivity contribution in [2.45, 2.75) is 19.5 Å². The van der Waals surface area contributed by atoms with Crippen molar-refractivity contribution in [1.29, 1.82) is 0 Å². The fraction of sp³-hybridized carbons (Fsp3) is 0.250. The molecule has 12 heteroatoms. The summed E-state index contributed by atoms with van der Waals surface area (Å²) in [5.41, 5.74) is -2.00. The van der Waals surface area contributed by atoms with Crippen LogP contribution in [-0.2, 0) is 23.9 Å². The first-order valence-electron chi connectivity index (χ1n) is 8.75. The molecule has 1 aromatic carbocycles. The van der Waals surface area contributed by atoms with Crippen molar-refractivity contribution in [3.8, 4) is 5.75 Å². The Bertz CT molecular complexity index is 1030. The van der Waals surface area contributed by atoms with Gasteiger partial charge in [0.15, 0.2) is 18.1 Å². The minimum Gasteiger partial charge on any atom is -0.479 e. The lowest BCUT2D eigenvalue weighted by molar-refractivity contribution is -0.144. The SMILES string of the molecule is C=C(OCC(=O)OC)/C(=C\C)Oc1cc(N2C(=O)C=C(C(F)(F)F)CC2=O)c(F)cc1Cl. The molecule has 1 aliphatic heterocycles. The summed E-state index contributed by atoms with van der Waals surface area (Å²) in [4.78, 5) is 35.8. The van der Waals surface area contributed by atoms with E-state index in [4.69, 9.17) is 21.1 Å². The molecule has 7 nitrogen and oxygen atoms in total. The van der Waals surface area contributed by atoms with E-state index >= 15 is 0 Å². The molecule has 0 unspecified atom stereocenters. The van der Waals surface area contributed by atoms with Crippen LogP contribution in [0.1, 0.15) is 13.3 Å². The topological polar surface area (TPSA) is 82.1 Å². The summed E-state index contributed by atoms with van der Waals surface area (Å²) < 4.78 is 68.0. The van der Waals surface area contributed by atoms with Crippen molar-refractivity contribution >= 4 is 35.1 Å². The molecule has 0 saturated heterocycles. The highest BCUT2D eigenvalue weighted by Gasteiger charge is 2.41. The number of esters is 1. The molecular formula is C20H16ClF4NO6. The Morgan fingerprint density at radius 1 is 1.31 bits per heavy atom. The second-order valence-electron chi connectivity index (χ2n) is 6.19. The third-order valence-corrected chi connectivity index (χ3v) is 4.36. The third-order valence-electron chi connectivity index (χ3n) is 4.06. The van der Waals surface area contributed by atoms with Gasteiger partial charge in [0.05, 0.1) is 24.2 Å². The summed E-state index contributed by atoms with van der Waals surface area (Å²) in [5, 5.41) is -0.283. The van der Waals surface area contributed by atoms with E-state index in [0.717, 1.165) is 19.2 Å². The van der Waals surface area contributed by atoms with E-state index in [9.17, 15) is 31.9 Å². The highest BCUT2D eigenvalue weighted by atomic mass is 35.5. The van der Waals surface area contributed by atoms with E-state index < -0.39 is 54.1 Å². The molecule has 0 saturated carbocycles. The van der Waals surface area contributed by atoms with Gasteiger partial charge >= 0.3 is 12.1 Å². The van der Waals surface area contributed by atoms with E-state index in [1.165, 1.54) is 13.0 Å². The number of hydrogen-bond donors (Lipinski definition) is 0. The fourth-order valence-corrected chi connectivity index (χ4v) is 2.69. The molecule has 1 aromatic rings. The average Bonchev–Trinajstić information content (AvgIpc) is 2.71. The summed E-state index contributed by atoms with van der Waals surface area (Å²) in [6.45, 7) is 4.60. The first kappa shape index (κ1) is 24.9. The molecule has 0 aromatic heterocycles. The van der Waals surface area contributed by atoms with Gasteiger partial charge in [-0.15, -0.1) is 0 Å². The molecule has 1 aliphatic rings. The minimum absolute atomic E-state index is 0.0519. The quantitative estimate of drug-likeness (QED) is 0.192.